The van der Waals surface area contributed by atoms with E-state index in [0.29, 0.717) is 36.2 Å². The van der Waals surface area contributed by atoms with Crippen molar-refractivity contribution in [1.82, 2.24) is 0 Å². The van der Waals surface area contributed by atoms with Crippen LogP contribution in [0.15, 0.2) is 5.16 Å². The van der Waals surface area contributed by atoms with Crippen LogP contribution in [0.3, 0.4) is 0 Å². The average Bonchev–Trinajstić information content (AvgIpc) is 2.94. The van der Waals surface area contributed by atoms with Crippen molar-refractivity contribution in [1.29, 1.82) is 0 Å². The molecule has 0 aliphatic heterocycles. The summed E-state index contributed by atoms with van der Waals surface area (Å²) in [5.41, 5.74) is 5.93. The van der Waals surface area contributed by atoms with Gasteiger partial charge in [-0.1, -0.05) is 19.0 Å². The first kappa shape index (κ1) is 18.5. The highest BCUT2D eigenvalue weighted by atomic mass is 16.6. The molecule has 0 heterocycles. The van der Waals surface area contributed by atoms with E-state index in [4.69, 9.17) is 10.6 Å². The fraction of sp³-hybridized carbons (Fsp3) is 0.909. The first-order valence-electron chi connectivity index (χ1n) is 10.9. The zero-order chi connectivity index (χ0) is 18.4. The van der Waals surface area contributed by atoms with E-state index >= 15 is 0 Å². The van der Waals surface area contributed by atoms with E-state index in [-0.39, 0.29) is 5.41 Å². The smallest absolute Gasteiger partial charge is 0.139 e. The van der Waals surface area contributed by atoms with Crippen LogP contribution in [0.1, 0.15) is 71.6 Å². The van der Waals surface area contributed by atoms with Gasteiger partial charge in [-0.25, -0.2) is 0 Å². The number of hydrogen-bond donors (Lipinski definition) is 1. The second-order valence-electron chi connectivity index (χ2n) is 9.99. The highest BCUT2D eigenvalue weighted by Gasteiger charge is 2.60. The van der Waals surface area contributed by atoms with Gasteiger partial charge in [-0.3, -0.25) is 4.79 Å². The molecule has 0 spiro atoms. The average molecular weight is 361 g/mol. The van der Waals surface area contributed by atoms with Gasteiger partial charge in [-0.2, -0.15) is 0 Å². The second-order valence-corrected chi connectivity index (χ2v) is 9.99. The summed E-state index contributed by atoms with van der Waals surface area (Å²) >= 11 is 0. The third-order valence-electron chi connectivity index (χ3n) is 8.97. The number of rotatable bonds is 4. The molecule has 4 heteroatoms. The lowest BCUT2D eigenvalue weighted by atomic mass is 9.45. The van der Waals surface area contributed by atoms with Gasteiger partial charge in [0.25, 0.3) is 0 Å². The Morgan fingerprint density at radius 1 is 1.15 bits per heavy atom. The van der Waals surface area contributed by atoms with Crippen molar-refractivity contribution in [2.75, 3.05) is 13.2 Å². The van der Waals surface area contributed by atoms with Gasteiger partial charge in [0, 0.05) is 24.6 Å². The maximum atomic E-state index is 12.5. The Morgan fingerprint density at radius 3 is 2.81 bits per heavy atom. The second kappa shape index (κ2) is 6.92. The topological polar surface area (TPSA) is 64.7 Å². The quantitative estimate of drug-likeness (QED) is 0.465. The molecule has 7 atom stereocenters. The van der Waals surface area contributed by atoms with Crippen LogP contribution in [0, 0.1) is 40.4 Å². The third-order valence-corrected chi connectivity index (χ3v) is 8.97. The maximum absolute atomic E-state index is 12.5. The molecule has 4 rings (SSSR count). The molecule has 0 aromatic carbocycles. The van der Waals surface area contributed by atoms with Gasteiger partial charge in [0.2, 0.25) is 0 Å². The SMILES string of the molecule is C[C@]12CC[C@H](/C=N/OCCN)CC1CCC1C2CC[C@]2(C)C(=O)CCC12. The van der Waals surface area contributed by atoms with E-state index in [0.717, 1.165) is 37.0 Å². The van der Waals surface area contributed by atoms with Gasteiger partial charge in [0.15, 0.2) is 0 Å². The van der Waals surface area contributed by atoms with E-state index in [2.05, 4.69) is 19.0 Å². The van der Waals surface area contributed by atoms with Gasteiger partial charge < -0.3 is 10.6 Å². The van der Waals surface area contributed by atoms with Gasteiger partial charge in [-0.15, -0.1) is 0 Å². The number of carbonyl (C=O) groups is 1. The molecule has 0 amide bonds. The first-order chi connectivity index (χ1) is 12.5. The number of oxime groups is 1. The minimum absolute atomic E-state index is 0.00849. The molecule has 4 unspecified atom stereocenters. The van der Waals surface area contributed by atoms with Crippen molar-refractivity contribution in [2.24, 2.45) is 51.3 Å². The van der Waals surface area contributed by atoms with Crippen LogP contribution in [0.4, 0.5) is 0 Å². The van der Waals surface area contributed by atoms with Crippen LogP contribution < -0.4 is 5.73 Å². The molecule has 2 N–H and O–H groups in total. The molecule has 146 valence electrons. The fourth-order valence-corrected chi connectivity index (χ4v) is 7.43. The summed E-state index contributed by atoms with van der Waals surface area (Å²) in [5, 5.41) is 4.15. The van der Waals surface area contributed by atoms with Gasteiger partial charge >= 0.3 is 0 Å². The summed E-state index contributed by atoms with van der Waals surface area (Å²) in [5.74, 6) is 4.21. The summed E-state index contributed by atoms with van der Waals surface area (Å²) < 4.78 is 0. The molecular weight excluding hydrogens is 324 g/mol. The van der Waals surface area contributed by atoms with Crippen LogP contribution in [0.2, 0.25) is 0 Å². The Balaban J connectivity index is 1.46. The van der Waals surface area contributed by atoms with Gasteiger partial charge in [0.05, 0.1) is 0 Å². The maximum Gasteiger partial charge on any atom is 0.139 e. The number of Topliss-reactive ketones (excluding diaryl/α,β-unsaturated/α-hetero) is 1. The van der Waals surface area contributed by atoms with E-state index in [1.54, 1.807) is 0 Å². The monoisotopic (exact) mass is 360 g/mol. The Bertz CT molecular complexity index is 576. The highest BCUT2D eigenvalue weighted by Crippen LogP contribution is 2.65. The predicted molar refractivity (Wildman–Crippen MR) is 104 cm³/mol. The molecule has 0 aromatic rings. The zero-order valence-electron chi connectivity index (χ0n) is 16.6. The summed E-state index contributed by atoms with van der Waals surface area (Å²) in [7, 11) is 0. The molecule has 0 saturated heterocycles. The molecule has 0 bridgehead atoms. The molecule has 26 heavy (non-hydrogen) atoms. The molecule has 0 aromatic heterocycles. The van der Waals surface area contributed by atoms with Crippen molar-refractivity contribution in [3.8, 4) is 0 Å². The van der Waals surface area contributed by atoms with E-state index in [1.165, 1.54) is 38.5 Å². The van der Waals surface area contributed by atoms with Crippen molar-refractivity contribution in [3.63, 3.8) is 0 Å². The number of hydrogen-bond acceptors (Lipinski definition) is 4. The number of carbonyl (C=O) groups excluding carboxylic acids is 1. The summed E-state index contributed by atoms with van der Waals surface area (Å²) in [6.45, 7) is 5.89. The molecule has 4 saturated carbocycles. The van der Waals surface area contributed by atoms with Crippen molar-refractivity contribution < 1.29 is 9.63 Å². The lowest BCUT2D eigenvalue weighted by molar-refractivity contribution is -0.139. The molecule has 4 nitrogen and oxygen atoms in total. The lowest BCUT2D eigenvalue weighted by Gasteiger charge is -2.60. The predicted octanol–water partition coefficient (Wildman–Crippen LogP) is 4.18. The van der Waals surface area contributed by atoms with E-state index in [1.807, 2.05) is 6.21 Å². The van der Waals surface area contributed by atoms with Crippen LogP contribution in [-0.2, 0) is 9.63 Å². The number of ketones is 1. The summed E-state index contributed by atoms with van der Waals surface area (Å²) in [6, 6.07) is 0. The zero-order valence-corrected chi connectivity index (χ0v) is 16.6. The number of fused-ring (bicyclic) bond motifs is 5. The highest BCUT2D eigenvalue weighted by molar-refractivity contribution is 5.87. The van der Waals surface area contributed by atoms with Crippen molar-refractivity contribution >= 4 is 12.0 Å². The molecule has 4 fully saturated rings. The standard InChI is InChI=1S/C22H36N2O2/c1-21-9-7-15(14-24-26-12-11-23)13-16(21)3-4-17-18-5-6-20(25)22(18,2)10-8-19(17)21/h14-19H,3-13,23H2,1-2H3/b24-14+/t15-,16?,17?,18?,19?,21-,22-/m0/s1. The Kier molecular flexibility index (Phi) is 4.92. The van der Waals surface area contributed by atoms with Gasteiger partial charge in [0.1, 0.15) is 12.4 Å². The van der Waals surface area contributed by atoms with E-state index < -0.39 is 0 Å². The van der Waals surface area contributed by atoms with Crippen LogP contribution >= 0.6 is 0 Å². The Hall–Kier alpha value is -0.900. The minimum atomic E-state index is 0.00849. The van der Waals surface area contributed by atoms with Crippen molar-refractivity contribution in [2.45, 2.75) is 71.6 Å². The van der Waals surface area contributed by atoms with Crippen LogP contribution in [-0.4, -0.2) is 25.1 Å². The van der Waals surface area contributed by atoms with Crippen molar-refractivity contribution in [3.05, 3.63) is 0 Å². The molecule has 4 aliphatic carbocycles. The third kappa shape index (κ3) is 2.83. The lowest BCUT2D eigenvalue weighted by Crippen LogP contribution is -2.53. The Labute approximate surface area is 158 Å². The molecule has 4 aliphatic rings. The number of nitrogens with two attached hydrogens (primary N) is 1. The van der Waals surface area contributed by atoms with E-state index in [9.17, 15) is 4.79 Å². The summed E-state index contributed by atoms with van der Waals surface area (Å²) in [4.78, 5) is 17.7. The fourth-order valence-electron chi connectivity index (χ4n) is 7.43. The molecule has 0 radical (unpaired) electrons. The Morgan fingerprint density at radius 2 is 2.00 bits per heavy atom. The van der Waals surface area contributed by atoms with Crippen LogP contribution in [0.25, 0.3) is 0 Å². The molecular formula is C22H36N2O2. The minimum Gasteiger partial charge on any atom is -0.395 e. The largest absolute Gasteiger partial charge is 0.395 e. The van der Waals surface area contributed by atoms with Gasteiger partial charge in [-0.05, 0) is 86.4 Å². The van der Waals surface area contributed by atoms with Crippen LogP contribution in [0.5, 0.6) is 0 Å². The first-order valence-corrected chi connectivity index (χ1v) is 10.9. The summed E-state index contributed by atoms with van der Waals surface area (Å²) in [6.07, 6.45) is 12.9. The normalized spacial score (nSPS) is 48.1. The number of nitrogens with zero attached hydrogens (tertiary/aromatic N) is 1.